The summed E-state index contributed by atoms with van der Waals surface area (Å²) in [5, 5.41) is 19.9. The second-order valence-electron chi connectivity index (χ2n) is 9.06. The van der Waals surface area contributed by atoms with Crippen LogP contribution in [0.2, 0.25) is 0 Å². The predicted molar refractivity (Wildman–Crippen MR) is 110 cm³/mol. The number of alkyl halides is 3. The molecule has 7 nitrogen and oxygen atoms in total. The first-order valence-corrected chi connectivity index (χ1v) is 11.3. The van der Waals surface area contributed by atoms with Gasteiger partial charge in [-0.25, -0.2) is 9.59 Å². The van der Waals surface area contributed by atoms with E-state index >= 15 is 0 Å². The number of urea groups is 1. The van der Waals surface area contributed by atoms with E-state index < -0.39 is 12.1 Å². The zero-order chi connectivity index (χ0) is 22.9. The largest absolute Gasteiger partial charge is 0.490 e. The number of aliphatic hydroxyl groups is 1. The smallest absolute Gasteiger partial charge is 0.475 e. The molecule has 0 unspecified atom stereocenters. The van der Waals surface area contributed by atoms with Gasteiger partial charge in [0.25, 0.3) is 0 Å². The Balaban J connectivity index is 0.000000423. The van der Waals surface area contributed by atoms with E-state index in [1.54, 1.807) is 0 Å². The summed E-state index contributed by atoms with van der Waals surface area (Å²) in [5.41, 5.74) is 0. The van der Waals surface area contributed by atoms with E-state index in [4.69, 9.17) is 9.90 Å². The second kappa shape index (κ2) is 12.5. The number of carboxylic acids is 1. The summed E-state index contributed by atoms with van der Waals surface area (Å²) >= 11 is 0. The molecule has 2 heterocycles. The molecule has 2 aliphatic heterocycles. The number of carboxylic acid groups (broad SMARTS) is 1. The van der Waals surface area contributed by atoms with Crippen LogP contribution in [0.3, 0.4) is 0 Å². The maximum Gasteiger partial charge on any atom is 0.490 e. The number of hydrogen-bond acceptors (Lipinski definition) is 4. The SMILES string of the molecule is O=C(NCC1CCCCC1)N1C[C@@H](CN2CCCC2)C[C@H](CO)C1.O=C(O)C(F)(F)F. The van der Waals surface area contributed by atoms with E-state index in [9.17, 15) is 23.1 Å². The number of halogens is 3. The lowest BCUT2D eigenvalue weighted by Crippen LogP contribution is -2.51. The molecule has 3 rings (SSSR count). The molecule has 0 bridgehead atoms. The highest BCUT2D eigenvalue weighted by Crippen LogP contribution is 2.25. The number of carbonyl (C=O) groups excluding carboxylic acids is 1. The van der Waals surface area contributed by atoms with Crippen molar-refractivity contribution in [2.24, 2.45) is 17.8 Å². The van der Waals surface area contributed by atoms with Crippen molar-refractivity contribution < 1.29 is 33.0 Å². The van der Waals surface area contributed by atoms with Crippen molar-refractivity contribution >= 4 is 12.0 Å². The lowest BCUT2D eigenvalue weighted by molar-refractivity contribution is -0.192. The number of likely N-dealkylation sites (tertiary alicyclic amines) is 2. The first kappa shape index (κ1) is 25.7. The number of nitrogens with one attached hydrogen (secondary N) is 1. The third-order valence-corrected chi connectivity index (χ3v) is 6.39. The molecule has 2 amide bonds. The van der Waals surface area contributed by atoms with Gasteiger partial charge in [0, 0.05) is 38.7 Å². The number of piperidine rings is 1. The number of amides is 2. The molecule has 3 N–H and O–H groups in total. The molecule has 0 aromatic carbocycles. The molecular formula is C21H36F3N3O4. The Morgan fingerprint density at radius 1 is 0.935 bits per heavy atom. The van der Waals surface area contributed by atoms with Gasteiger partial charge in [-0.15, -0.1) is 0 Å². The molecule has 180 valence electrons. The molecule has 0 aromatic heterocycles. The number of rotatable bonds is 5. The molecule has 0 radical (unpaired) electrons. The Hall–Kier alpha value is -1.55. The zero-order valence-electron chi connectivity index (χ0n) is 18.1. The monoisotopic (exact) mass is 451 g/mol. The molecule has 3 fully saturated rings. The van der Waals surface area contributed by atoms with E-state index in [-0.39, 0.29) is 18.6 Å². The van der Waals surface area contributed by atoms with Crippen molar-refractivity contribution in [2.45, 2.75) is 57.5 Å². The van der Waals surface area contributed by atoms with Crippen LogP contribution in [0.15, 0.2) is 0 Å². The summed E-state index contributed by atoms with van der Waals surface area (Å²) < 4.78 is 31.7. The van der Waals surface area contributed by atoms with Gasteiger partial charge in [-0.1, -0.05) is 19.3 Å². The molecule has 0 spiro atoms. The molecule has 1 aliphatic carbocycles. The molecule has 2 saturated heterocycles. The molecule has 0 aromatic rings. The van der Waals surface area contributed by atoms with E-state index in [0.717, 1.165) is 26.1 Å². The minimum absolute atomic E-state index is 0.0881. The quantitative estimate of drug-likeness (QED) is 0.598. The number of hydrogen-bond donors (Lipinski definition) is 3. The van der Waals surface area contributed by atoms with Gasteiger partial charge in [0.15, 0.2) is 0 Å². The van der Waals surface area contributed by atoms with Crippen molar-refractivity contribution in [3.8, 4) is 0 Å². The summed E-state index contributed by atoms with van der Waals surface area (Å²) in [4.78, 5) is 26.0. The van der Waals surface area contributed by atoms with E-state index in [2.05, 4.69) is 10.2 Å². The summed E-state index contributed by atoms with van der Waals surface area (Å²) in [7, 11) is 0. The maximum absolute atomic E-state index is 12.6. The minimum atomic E-state index is -5.08. The van der Waals surface area contributed by atoms with Gasteiger partial charge in [-0.2, -0.15) is 13.2 Å². The lowest BCUT2D eigenvalue weighted by atomic mass is 9.89. The molecule has 31 heavy (non-hydrogen) atoms. The number of aliphatic carboxylic acids is 1. The van der Waals surface area contributed by atoms with E-state index in [1.165, 1.54) is 58.0 Å². The van der Waals surface area contributed by atoms with Crippen LogP contribution in [-0.4, -0.2) is 84.1 Å². The molecule has 10 heteroatoms. The summed E-state index contributed by atoms with van der Waals surface area (Å²) in [6, 6.07) is 0.0881. The summed E-state index contributed by atoms with van der Waals surface area (Å²) in [6.45, 7) is 6.08. The zero-order valence-corrected chi connectivity index (χ0v) is 18.1. The van der Waals surface area contributed by atoms with Gasteiger partial charge in [-0.3, -0.25) is 0 Å². The second-order valence-corrected chi connectivity index (χ2v) is 9.06. The van der Waals surface area contributed by atoms with Gasteiger partial charge in [0.05, 0.1) is 0 Å². The molecular weight excluding hydrogens is 415 g/mol. The van der Waals surface area contributed by atoms with Crippen LogP contribution in [0, 0.1) is 17.8 Å². The van der Waals surface area contributed by atoms with Crippen LogP contribution in [0.1, 0.15) is 51.4 Å². The number of nitrogens with zero attached hydrogens (tertiary/aromatic N) is 2. The Labute approximate surface area is 182 Å². The number of carbonyl (C=O) groups is 2. The summed E-state index contributed by atoms with van der Waals surface area (Å²) in [5.74, 6) is -1.34. The molecule has 3 aliphatic rings. The highest BCUT2D eigenvalue weighted by atomic mass is 19.4. The predicted octanol–water partition coefficient (Wildman–Crippen LogP) is 2.94. The third-order valence-electron chi connectivity index (χ3n) is 6.39. The van der Waals surface area contributed by atoms with Crippen molar-refractivity contribution in [1.82, 2.24) is 15.1 Å². The van der Waals surface area contributed by atoms with Crippen molar-refractivity contribution in [2.75, 3.05) is 45.9 Å². The fraction of sp³-hybridized carbons (Fsp3) is 0.905. The van der Waals surface area contributed by atoms with Gasteiger partial charge >= 0.3 is 18.2 Å². The third kappa shape index (κ3) is 9.22. The Morgan fingerprint density at radius 2 is 1.52 bits per heavy atom. The maximum atomic E-state index is 12.6. The lowest BCUT2D eigenvalue weighted by Gasteiger charge is -2.39. The van der Waals surface area contributed by atoms with Crippen molar-refractivity contribution in [3.63, 3.8) is 0 Å². The highest BCUT2D eigenvalue weighted by Gasteiger charge is 2.38. The Bertz CT molecular complexity index is 565. The average molecular weight is 452 g/mol. The fourth-order valence-electron chi connectivity index (χ4n) is 4.81. The van der Waals surface area contributed by atoms with Crippen molar-refractivity contribution in [1.29, 1.82) is 0 Å². The van der Waals surface area contributed by atoms with Crippen LogP contribution in [0.4, 0.5) is 18.0 Å². The van der Waals surface area contributed by atoms with Gasteiger partial charge < -0.3 is 25.3 Å². The first-order chi connectivity index (χ1) is 14.7. The minimum Gasteiger partial charge on any atom is -0.475 e. The standard InChI is InChI=1S/C19H35N3O2.C2HF3O2/c23-15-18-10-17(12-21-8-4-5-9-21)13-22(14-18)19(24)20-11-16-6-2-1-3-7-16;3-2(4,5)1(6)7/h16-18,23H,1-15H2,(H,20,24);(H,6,7)/t17-,18+;/m1./s1. The average Bonchev–Trinajstić information content (AvgIpc) is 3.25. The Kier molecular flexibility index (Phi) is 10.3. The molecule has 2 atom stereocenters. The normalized spacial score (nSPS) is 25.6. The fourth-order valence-corrected chi connectivity index (χ4v) is 4.81. The summed E-state index contributed by atoms with van der Waals surface area (Å²) in [6.07, 6.45) is 5.09. The van der Waals surface area contributed by atoms with Gasteiger partial charge in [0.2, 0.25) is 0 Å². The van der Waals surface area contributed by atoms with Gasteiger partial charge in [0.1, 0.15) is 0 Å². The van der Waals surface area contributed by atoms with E-state index in [0.29, 0.717) is 18.4 Å². The van der Waals surface area contributed by atoms with Crippen LogP contribution >= 0.6 is 0 Å². The topological polar surface area (TPSA) is 93.1 Å². The van der Waals surface area contributed by atoms with Crippen LogP contribution in [0.5, 0.6) is 0 Å². The van der Waals surface area contributed by atoms with Crippen LogP contribution in [-0.2, 0) is 4.79 Å². The van der Waals surface area contributed by atoms with Crippen molar-refractivity contribution in [3.05, 3.63) is 0 Å². The first-order valence-electron chi connectivity index (χ1n) is 11.3. The highest BCUT2D eigenvalue weighted by molar-refractivity contribution is 5.74. The van der Waals surface area contributed by atoms with E-state index in [1.807, 2.05) is 4.90 Å². The van der Waals surface area contributed by atoms with Crippen LogP contribution in [0.25, 0.3) is 0 Å². The Morgan fingerprint density at radius 3 is 2.06 bits per heavy atom. The van der Waals surface area contributed by atoms with Crippen LogP contribution < -0.4 is 5.32 Å². The molecule has 1 saturated carbocycles. The van der Waals surface area contributed by atoms with Gasteiger partial charge in [-0.05, 0) is 57.0 Å². The number of aliphatic hydroxyl groups excluding tert-OH is 1.